The Kier molecular flexibility index (Phi) is 5.89. The molecule has 1 aliphatic rings. The molecule has 0 spiro atoms. The smallest absolute Gasteiger partial charge is 0.349 e. The largest absolute Gasteiger partial charge is 0.448 e. The van der Waals surface area contributed by atoms with Crippen molar-refractivity contribution in [3.05, 3.63) is 21.4 Å². The van der Waals surface area contributed by atoms with Crippen LogP contribution in [0.2, 0.25) is 0 Å². The number of nitrogens with zero attached hydrogens (tertiary/aromatic N) is 1. The Bertz CT molecular complexity index is 704. The van der Waals surface area contributed by atoms with Gasteiger partial charge in [0.2, 0.25) is 0 Å². The molecule has 5 nitrogen and oxygen atoms in total. The number of amides is 1. The van der Waals surface area contributed by atoms with Crippen LogP contribution in [0.1, 0.15) is 61.2 Å². The second kappa shape index (κ2) is 7.57. The minimum Gasteiger partial charge on any atom is -0.448 e. The number of nitrogens with one attached hydrogen (secondary N) is 1. The lowest BCUT2D eigenvalue weighted by atomic mass is 9.90. The van der Waals surface area contributed by atoms with E-state index in [4.69, 9.17) is 4.74 Å². The molecule has 3 atom stereocenters. The van der Waals surface area contributed by atoms with Gasteiger partial charge in [0.15, 0.2) is 6.10 Å². The van der Waals surface area contributed by atoms with Crippen molar-refractivity contribution in [3.63, 3.8) is 0 Å². The molecule has 25 heavy (non-hydrogen) atoms. The van der Waals surface area contributed by atoms with E-state index in [-0.39, 0.29) is 5.92 Å². The highest BCUT2D eigenvalue weighted by Gasteiger charge is 2.33. The molecule has 0 fully saturated rings. The average molecular weight is 362 g/mol. The Labute approximate surface area is 153 Å². The fourth-order valence-electron chi connectivity index (χ4n) is 2.74. The normalized spacial score (nSPS) is 20.1. The molecule has 6 heteroatoms. The van der Waals surface area contributed by atoms with Crippen LogP contribution in [0, 0.1) is 23.2 Å². The number of rotatable bonds is 5. The predicted octanol–water partition coefficient (Wildman–Crippen LogP) is 3.47. The number of carbonyl (C=O) groups excluding carboxylic acids is 2. The van der Waals surface area contributed by atoms with Gasteiger partial charge >= 0.3 is 5.97 Å². The number of aryl methyl sites for hydroxylation is 1. The van der Waals surface area contributed by atoms with E-state index >= 15 is 0 Å². The van der Waals surface area contributed by atoms with Gasteiger partial charge in [0.25, 0.3) is 5.91 Å². The molecule has 0 aromatic carbocycles. The summed E-state index contributed by atoms with van der Waals surface area (Å²) in [5, 5.41) is 12.0. The number of hydrogen-bond acceptors (Lipinski definition) is 5. The van der Waals surface area contributed by atoms with E-state index in [2.05, 4.69) is 18.3 Å². The summed E-state index contributed by atoms with van der Waals surface area (Å²) in [5.74, 6) is -0.357. The Morgan fingerprint density at radius 2 is 2.12 bits per heavy atom. The molecular weight excluding hydrogens is 336 g/mol. The minimum absolute atomic E-state index is 0.0599. The fourth-order valence-corrected chi connectivity index (χ4v) is 3.83. The molecule has 1 aromatic rings. The number of thiophene rings is 1. The summed E-state index contributed by atoms with van der Waals surface area (Å²) >= 11 is 1.46. The zero-order valence-electron chi connectivity index (χ0n) is 15.5. The van der Waals surface area contributed by atoms with Crippen molar-refractivity contribution in [1.82, 2.24) is 5.32 Å². The highest BCUT2D eigenvalue weighted by molar-refractivity contribution is 7.14. The van der Waals surface area contributed by atoms with Crippen LogP contribution in [0.25, 0.3) is 0 Å². The molecule has 136 valence electrons. The molecule has 1 aromatic heterocycles. The van der Waals surface area contributed by atoms with Crippen molar-refractivity contribution in [2.24, 2.45) is 11.8 Å². The van der Waals surface area contributed by atoms with Crippen molar-refractivity contribution in [2.45, 2.75) is 65.5 Å². The molecule has 0 saturated carbocycles. The highest BCUT2D eigenvalue weighted by atomic mass is 32.1. The van der Waals surface area contributed by atoms with Gasteiger partial charge in [-0.05, 0) is 56.6 Å². The van der Waals surface area contributed by atoms with Gasteiger partial charge in [-0.1, -0.05) is 20.8 Å². The first-order chi connectivity index (χ1) is 11.7. The van der Waals surface area contributed by atoms with Crippen LogP contribution in [-0.2, 0) is 22.4 Å². The van der Waals surface area contributed by atoms with Gasteiger partial charge < -0.3 is 10.1 Å². The topological polar surface area (TPSA) is 79.2 Å². The van der Waals surface area contributed by atoms with Crippen molar-refractivity contribution in [3.8, 4) is 6.07 Å². The summed E-state index contributed by atoms with van der Waals surface area (Å²) in [4.78, 5) is 26.5. The van der Waals surface area contributed by atoms with Gasteiger partial charge in [-0.3, -0.25) is 4.79 Å². The number of esters is 1. The number of ether oxygens (including phenoxy) is 1. The van der Waals surface area contributed by atoms with Crippen molar-refractivity contribution < 1.29 is 14.3 Å². The third-order valence-electron chi connectivity index (χ3n) is 4.95. The molecule has 0 unspecified atom stereocenters. The van der Waals surface area contributed by atoms with Crippen LogP contribution in [-0.4, -0.2) is 23.5 Å². The maximum absolute atomic E-state index is 12.4. The zero-order chi connectivity index (χ0) is 18.8. The Morgan fingerprint density at radius 3 is 2.72 bits per heavy atom. The maximum atomic E-state index is 12.4. The zero-order valence-corrected chi connectivity index (χ0v) is 16.3. The van der Waals surface area contributed by atoms with Gasteiger partial charge in [0.05, 0.1) is 6.07 Å². The van der Waals surface area contributed by atoms with E-state index in [1.165, 1.54) is 28.7 Å². The molecule has 1 aliphatic carbocycles. The first kappa shape index (κ1) is 19.5. The number of fused-ring (bicyclic) bond motifs is 1. The van der Waals surface area contributed by atoms with Gasteiger partial charge in [-0.15, -0.1) is 11.3 Å². The maximum Gasteiger partial charge on any atom is 0.349 e. The van der Waals surface area contributed by atoms with E-state index in [1.807, 2.05) is 19.9 Å². The Balaban J connectivity index is 2.01. The summed E-state index contributed by atoms with van der Waals surface area (Å²) in [6, 6.07) is 4.01. The van der Waals surface area contributed by atoms with Crippen molar-refractivity contribution >= 4 is 23.2 Å². The molecule has 1 amide bonds. The van der Waals surface area contributed by atoms with Crippen molar-refractivity contribution in [1.29, 1.82) is 5.26 Å². The number of carbonyl (C=O) groups is 2. The summed E-state index contributed by atoms with van der Waals surface area (Å²) < 4.78 is 5.32. The first-order valence-corrected chi connectivity index (χ1v) is 9.53. The van der Waals surface area contributed by atoms with Gasteiger partial charge in [0.1, 0.15) is 10.4 Å². The lowest BCUT2D eigenvalue weighted by Crippen LogP contribution is -2.52. The van der Waals surface area contributed by atoms with E-state index in [9.17, 15) is 14.9 Å². The molecule has 0 bridgehead atoms. The Hall–Kier alpha value is -1.87. The SMILES string of the molecule is CC(C)[C@](C)(C#N)NC(=O)[C@@H](C)OC(=O)c1cc2c(s1)CC[C@@H](C)C2. The van der Waals surface area contributed by atoms with Crippen LogP contribution in [0.5, 0.6) is 0 Å². The number of nitriles is 1. The lowest BCUT2D eigenvalue weighted by Gasteiger charge is -2.28. The van der Waals surface area contributed by atoms with E-state index in [0.29, 0.717) is 10.8 Å². The first-order valence-electron chi connectivity index (χ1n) is 8.72. The van der Waals surface area contributed by atoms with E-state index in [1.54, 1.807) is 6.92 Å². The second-order valence-electron chi connectivity index (χ2n) is 7.41. The van der Waals surface area contributed by atoms with Crippen molar-refractivity contribution in [2.75, 3.05) is 0 Å². The minimum atomic E-state index is -0.990. The summed E-state index contributed by atoms with van der Waals surface area (Å²) in [6.45, 7) is 9.13. The molecule has 2 rings (SSSR count). The van der Waals surface area contributed by atoms with Gasteiger partial charge in [-0.2, -0.15) is 5.26 Å². The second-order valence-corrected chi connectivity index (χ2v) is 8.55. The van der Waals surface area contributed by atoms with E-state index < -0.39 is 23.5 Å². The van der Waals surface area contributed by atoms with Gasteiger partial charge in [-0.25, -0.2) is 4.79 Å². The van der Waals surface area contributed by atoms with Crippen LogP contribution < -0.4 is 5.32 Å². The quantitative estimate of drug-likeness (QED) is 0.814. The third-order valence-corrected chi connectivity index (χ3v) is 6.17. The van der Waals surface area contributed by atoms with Crippen LogP contribution in [0.15, 0.2) is 6.07 Å². The molecular formula is C19H26N2O3S. The molecule has 1 heterocycles. The van der Waals surface area contributed by atoms with Crippen LogP contribution in [0.4, 0.5) is 0 Å². The fraction of sp³-hybridized carbons (Fsp3) is 0.632. The van der Waals surface area contributed by atoms with Gasteiger partial charge in [0, 0.05) is 4.88 Å². The molecule has 0 aliphatic heterocycles. The summed E-state index contributed by atoms with van der Waals surface area (Å²) in [6.07, 6.45) is 2.18. The van der Waals surface area contributed by atoms with E-state index in [0.717, 1.165) is 19.3 Å². The third kappa shape index (κ3) is 4.40. The highest BCUT2D eigenvalue weighted by Crippen LogP contribution is 2.32. The summed E-state index contributed by atoms with van der Waals surface area (Å²) in [5.41, 5.74) is 0.236. The van der Waals surface area contributed by atoms with Crippen LogP contribution >= 0.6 is 11.3 Å². The summed E-state index contributed by atoms with van der Waals surface area (Å²) in [7, 11) is 0. The average Bonchev–Trinajstić information content (AvgIpc) is 2.97. The Morgan fingerprint density at radius 1 is 1.44 bits per heavy atom. The monoisotopic (exact) mass is 362 g/mol. The predicted molar refractivity (Wildman–Crippen MR) is 97.4 cm³/mol. The standard InChI is InChI=1S/C19H26N2O3S/c1-11(2)19(5,10-20)21-17(22)13(4)24-18(23)16-9-14-8-12(3)6-7-15(14)25-16/h9,11-13H,6-8H2,1-5H3,(H,21,22)/t12-,13-,19+/m1/s1. The lowest BCUT2D eigenvalue weighted by molar-refractivity contribution is -0.130. The number of hydrogen-bond donors (Lipinski definition) is 1. The molecule has 1 N–H and O–H groups in total. The molecule has 0 saturated heterocycles. The molecule has 0 radical (unpaired) electrons. The van der Waals surface area contributed by atoms with Crippen LogP contribution in [0.3, 0.4) is 0 Å².